The van der Waals surface area contributed by atoms with Crippen LogP contribution in [-0.2, 0) is 9.53 Å². The van der Waals surface area contributed by atoms with Crippen LogP contribution in [0.5, 0.6) is 0 Å². The number of hydrogen-bond donors (Lipinski definition) is 0. The Hall–Kier alpha value is -0.530. The molecular formula is C9H15O2. The quantitative estimate of drug-likeness (QED) is 0.582. The highest BCUT2D eigenvalue weighted by Crippen LogP contribution is 2.24. The van der Waals surface area contributed by atoms with E-state index in [0.717, 1.165) is 0 Å². The van der Waals surface area contributed by atoms with Gasteiger partial charge in [0.05, 0.1) is 6.61 Å². The maximum absolute atomic E-state index is 10.7. The van der Waals surface area contributed by atoms with Crippen LogP contribution in [0.4, 0.5) is 0 Å². The van der Waals surface area contributed by atoms with Gasteiger partial charge in [0.25, 0.3) is 0 Å². The van der Waals surface area contributed by atoms with Gasteiger partial charge in [0.15, 0.2) is 0 Å². The molecule has 0 amide bonds. The monoisotopic (exact) mass is 155 g/mol. The van der Waals surface area contributed by atoms with Crippen molar-refractivity contribution in [2.24, 2.45) is 5.92 Å². The van der Waals surface area contributed by atoms with Crippen molar-refractivity contribution < 1.29 is 9.53 Å². The summed E-state index contributed by atoms with van der Waals surface area (Å²) in [5, 5.41) is 0. The van der Waals surface area contributed by atoms with Crippen LogP contribution in [0.25, 0.3) is 0 Å². The molecule has 63 valence electrons. The second-order valence-corrected chi connectivity index (χ2v) is 3.08. The summed E-state index contributed by atoms with van der Waals surface area (Å²) < 4.78 is 4.97. The Balaban J connectivity index is 2.06. The number of hydrogen-bond acceptors (Lipinski definition) is 2. The topological polar surface area (TPSA) is 26.3 Å². The molecule has 2 heteroatoms. The summed E-state index contributed by atoms with van der Waals surface area (Å²) >= 11 is 0. The van der Waals surface area contributed by atoms with Crippen molar-refractivity contribution >= 4 is 5.97 Å². The van der Waals surface area contributed by atoms with Crippen molar-refractivity contribution in [2.45, 2.75) is 32.1 Å². The third-order valence-corrected chi connectivity index (χ3v) is 2.16. The summed E-state index contributed by atoms with van der Waals surface area (Å²) in [4.78, 5) is 10.7. The molecule has 0 aliphatic heterocycles. The smallest absolute Gasteiger partial charge is 0.305 e. The predicted molar refractivity (Wildman–Crippen MR) is 42.9 cm³/mol. The predicted octanol–water partition coefficient (Wildman–Crippen LogP) is 1.94. The van der Waals surface area contributed by atoms with Crippen LogP contribution in [0.2, 0.25) is 0 Å². The fraction of sp³-hybridized carbons (Fsp3) is 0.778. The highest BCUT2D eigenvalue weighted by molar-refractivity contribution is 5.69. The van der Waals surface area contributed by atoms with E-state index >= 15 is 0 Å². The molecule has 0 N–H and O–H groups in total. The molecule has 1 fully saturated rings. The fourth-order valence-corrected chi connectivity index (χ4v) is 1.46. The molecule has 0 atom stereocenters. The number of ether oxygens (including phenoxy) is 1. The van der Waals surface area contributed by atoms with E-state index in [2.05, 4.69) is 6.92 Å². The SMILES string of the molecule is [CH2]CC(=O)OCC1CCCC1. The zero-order chi connectivity index (χ0) is 8.10. The van der Waals surface area contributed by atoms with E-state index < -0.39 is 0 Å². The molecule has 1 radical (unpaired) electrons. The van der Waals surface area contributed by atoms with Gasteiger partial charge in [-0.3, -0.25) is 4.79 Å². The lowest BCUT2D eigenvalue weighted by molar-refractivity contribution is -0.143. The molecule has 1 saturated carbocycles. The third-order valence-electron chi connectivity index (χ3n) is 2.16. The Morgan fingerprint density at radius 2 is 2.09 bits per heavy atom. The van der Waals surface area contributed by atoms with Crippen molar-refractivity contribution in [3.8, 4) is 0 Å². The lowest BCUT2D eigenvalue weighted by atomic mass is 10.1. The van der Waals surface area contributed by atoms with E-state index in [0.29, 0.717) is 12.5 Å². The molecule has 0 saturated heterocycles. The van der Waals surface area contributed by atoms with Crippen molar-refractivity contribution in [1.82, 2.24) is 0 Å². The molecule has 1 rings (SSSR count). The van der Waals surface area contributed by atoms with Crippen LogP contribution in [0.1, 0.15) is 32.1 Å². The van der Waals surface area contributed by atoms with Gasteiger partial charge in [0, 0.05) is 6.42 Å². The third kappa shape index (κ3) is 2.91. The fourth-order valence-electron chi connectivity index (χ4n) is 1.46. The van der Waals surface area contributed by atoms with Gasteiger partial charge < -0.3 is 4.74 Å². The van der Waals surface area contributed by atoms with E-state index in [9.17, 15) is 4.79 Å². The molecule has 2 nitrogen and oxygen atoms in total. The van der Waals surface area contributed by atoms with E-state index in [1.807, 2.05) is 0 Å². The van der Waals surface area contributed by atoms with Crippen molar-refractivity contribution in [1.29, 1.82) is 0 Å². The summed E-state index contributed by atoms with van der Waals surface area (Å²) in [5.74, 6) is 0.461. The van der Waals surface area contributed by atoms with Gasteiger partial charge >= 0.3 is 5.97 Å². The van der Waals surface area contributed by atoms with Crippen LogP contribution in [0.15, 0.2) is 0 Å². The van der Waals surface area contributed by atoms with Gasteiger partial charge in [-0.1, -0.05) is 12.8 Å². The number of carbonyl (C=O) groups is 1. The lowest BCUT2D eigenvalue weighted by Gasteiger charge is -2.08. The minimum atomic E-state index is -0.170. The highest BCUT2D eigenvalue weighted by atomic mass is 16.5. The zero-order valence-electron chi connectivity index (χ0n) is 6.84. The van der Waals surface area contributed by atoms with E-state index in [4.69, 9.17) is 4.74 Å². The highest BCUT2D eigenvalue weighted by Gasteiger charge is 2.16. The Morgan fingerprint density at radius 3 is 2.64 bits per heavy atom. The van der Waals surface area contributed by atoms with Crippen LogP contribution < -0.4 is 0 Å². The summed E-state index contributed by atoms with van der Waals surface area (Å²) in [6.07, 6.45) is 5.31. The molecule has 0 aromatic rings. The van der Waals surface area contributed by atoms with E-state index in [1.54, 1.807) is 0 Å². The minimum absolute atomic E-state index is 0.170. The molecule has 1 aliphatic carbocycles. The molecule has 0 aromatic heterocycles. The van der Waals surface area contributed by atoms with Gasteiger partial charge in [-0.05, 0) is 25.7 Å². The first-order valence-corrected chi connectivity index (χ1v) is 4.28. The minimum Gasteiger partial charge on any atom is -0.465 e. The van der Waals surface area contributed by atoms with Gasteiger partial charge in [-0.2, -0.15) is 0 Å². The maximum atomic E-state index is 10.7. The first-order chi connectivity index (χ1) is 5.33. The standard InChI is InChI=1S/C9H15O2/c1-2-9(10)11-7-8-5-3-4-6-8/h8H,1-7H2. The molecule has 1 aliphatic rings. The molecule has 0 spiro atoms. The molecule has 0 aromatic carbocycles. The summed E-state index contributed by atoms with van der Waals surface area (Å²) in [6.45, 7) is 4.08. The van der Waals surface area contributed by atoms with Crippen LogP contribution in [0, 0.1) is 12.8 Å². The summed E-state index contributed by atoms with van der Waals surface area (Å²) in [6, 6.07) is 0. The summed E-state index contributed by atoms with van der Waals surface area (Å²) in [5.41, 5.74) is 0. The Kier molecular flexibility index (Phi) is 3.40. The van der Waals surface area contributed by atoms with Crippen LogP contribution >= 0.6 is 0 Å². The second kappa shape index (κ2) is 4.37. The molecule has 0 unspecified atom stereocenters. The molecular weight excluding hydrogens is 140 g/mol. The van der Waals surface area contributed by atoms with Crippen molar-refractivity contribution in [3.63, 3.8) is 0 Å². The molecule has 11 heavy (non-hydrogen) atoms. The van der Waals surface area contributed by atoms with Gasteiger partial charge in [-0.15, -0.1) is 0 Å². The van der Waals surface area contributed by atoms with Crippen molar-refractivity contribution in [2.75, 3.05) is 6.61 Å². The average Bonchev–Trinajstić information content (AvgIpc) is 2.52. The number of carbonyl (C=O) groups excluding carboxylic acids is 1. The number of rotatable bonds is 3. The van der Waals surface area contributed by atoms with E-state index in [-0.39, 0.29) is 12.4 Å². The van der Waals surface area contributed by atoms with Crippen LogP contribution in [0.3, 0.4) is 0 Å². The summed E-state index contributed by atoms with van der Waals surface area (Å²) in [7, 11) is 0. The van der Waals surface area contributed by atoms with Crippen LogP contribution in [-0.4, -0.2) is 12.6 Å². The van der Waals surface area contributed by atoms with Gasteiger partial charge in [-0.25, -0.2) is 0 Å². The average molecular weight is 155 g/mol. The Bertz CT molecular complexity index is 126. The molecule has 0 bridgehead atoms. The van der Waals surface area contributed by atoms with Crippen molar-refractivity contribution in [3.05, 3.63) is 6.92 Å². The Labute approximate surface area is 67.9 Å². The first kappa shape index (κ1) is 8.57. The lowest BCUT2D eigenvalue weighted by Crippen LogP contribution is -2.10. The number of esters is 1. The largest absolute Gasteiger partial charge is 0.465 e. The Morgan fingerprint density at radius 1 is 1.45 bits per heavy atom. The molecule has 0 heterocycles. The van der Waals surface area contributed by atoms with E-state index in [1.165, 1.54) is 25.7 Å². The first-order valence-electron chi connectivity index (χ1n) is 4.28. The normalized spacial score (nSPS) is 18.6. The van der Waals surface area contributed by atoms with Gasteiger partial charge in [0.1, 0.15) is 0 Å². The van der Waals surface area contributed by atoms with Gasteiger partial charge in [0.2, 0.25) is 0 Å². The second-order valence-electron chi connectivity index (χ2n) is 3.08. The zero-order valence-corrected chi connectivity index (χ0v) is 6.84. The maximum Gasteiger partial charge on any atom is 0.305 e.